The molecule has 2 rings (SSSR count). The minimum absolute atomic E-state index is 0.152. The molecule has 2 aromatic heterocycles. The summed E-state index contributed by atoms with van der Waals surface area (Å²) in [4.78, 5) is 25.8. The van der Waals surface area contributed by atoms with Gasteiger partial charge in [0.25, 0.3) is 5.56 Å². The Morgan fingerprint density at radius 3 is 2.85 bits per heavy atom. The fourth-order valence-electron chi connectivity index (χ4n) is 2.43. The summed E-state index contributed by atoms with van der Waals surface area (Å²) in [7, 11) is 0. The van der Waals surface area contributed by atoms with Crippen molar-refractivity contribution in [2.45, 2.75) is 58.0 Å². The van der Waals surface area contributed by atoms with Gasteiger partial charge in [-0.2, -0.15) is 0 Å². The van der Waals surface area contributed by atoms with E-state index in [0.29, 0.717) is 17.0 Å². The predicted octanol–water partition coefficient (Wildman–Crippen LogP) is 2.08. The first kappa shape index (κ1) is 14.7. The Labute approximate surface area is 117 Å². The number of imidazole rings is 1. The van der Waals surface area contributed by atoms with Crippen LogP contribution in [0.25, 0.3) is 11.2 Å². The van der Waals surface area contributed by atoms with E-state index in [2.05, 4.69) is 26.9 Å². The summed E-state index contributed by atoms with van der Waals surface area (Å²) in [5.74, 6) is 0.377. The minimum atomic E-state index is -0.545. The zero-order chi connectivity index (χ0) is 14.5. The van der Waals surface area contributed by atoms with Crippen LogP contribution in [0.5, 0.6) is 0 Å². The van der Waals surface area contributed by atoms with Gasteiger partial charge >= 0.3 is 0 Å². The summed E-state index contributed by atoms with van der Waals surface area (Å²) >= 11 is 0. The molecule has 3 N–H and O–H groups in total. The molecule has 2 unspecified atom stereocenters. The third kappa shape index (κ3) is 3.25. The molecule has 0 radical (unpaired) electrons. The van der Waals surface area contributed by atoms with Crippen molar-refractivity contribution >= 4 is 11.2 Å². The number of aromatic nitrogens is 4. The molecule has 0 spiro atoms. The summed E-state index contributed by atoms with van der Waals surface area (Å²) in [6.45, 7) is 3.90. The fraction of sp³-hybridized carbons (Fsp3) is 0.643. The van der Waals surface area contributed by atoms with Crippen LogP contribution in [0.15, 0.2) is 11.1 Å². The molecule has 0 aliphatic carbocycles. The van der Waals surface area contributed by atoms with E-state index in [0.717, 1.165) is 19.3 Å². The molecule has 110 valence electrons. The van der Waals surface area contributed by atoms with Crippen LogP contribution in [0.2, 0.25) is 0 Å². The van der Waals surface area contributed by atoms with Gasteiger partial charge in [0.15, 0.2) is 11.2 Å². The number of aromatic amines is 2. The van der Waals surface area contributed by atoms with E-state index in [1.807, 2.05) is 0 Å². The molecule has 0 fully saturated rings. The highest BCUT2D eigenvalue weighted by Gasteiger charge is 2.21. The van der Waals surface area contributed by atoms with Gasteiger partial charge in [-0.05, 0) is 13.3 Å². The molecule has 0 aromatic carbocycles. The number of unbranched alkanes of at least 4 members (excludes halogenated alkanes) is 3. The lowest BCUT2D eigenvalue weighted by Crippen LogP contribution is -2.22. The van der Waals surface area contributed by atoms with Crippen molar-refractivity contribution in [2.24, 2.45) is 0 Å². The summed E-state index contributed by atoms with van der Waals surface area (Å²) in [5.41, 5.74) is 0.550. The van der Waals surface area contributed by atoms with Gasteiger partial charge in [-0.1, -0.05) is 32.6 Å². The van der Waals surface area contributed by atoms with Gasteiger partial charge in [0, 0.05) is 5.92 Å². The zero-order valence-corrected chi connectivity index (χ0v) is 12.0. The monoisotopic (exact) mass is 278 g/mol. The Kier molecular flexibility index (Phi) is 4.89. The predicted molar refractivity (Wildman–Crippen MR) is 77.7 cm³/mol. The SMILES string of the molecule is CCCCCCC(c1nc2nc[nH]c2c(=O)[nH]1)C(C)O. The highest BCUT2D eigenvalue weighted by Crippen LogP contribution is 2.23. The van der Waals surface area contributed by atoms with Crippen LogP contribution in [0.4, 0.5) is 0 Å². The molecule has 0 bridgehead atoms. The van der Waals surface area contributed by atoms with Crippen molar-refractivity contribution in [3.8, 4) is 0 Å². The number of aliphatic hydroxyl groups excluding tert-OH is 1. The van der Waals surface area contributed by atoms with Crippen LogP contribution in [0, 0.1) is 0 Å². The molecule has 6 nitrogen and oxygen atoms in total. The molecule has 6 heteroatoms. The second-order valence-electron chi connectivity index (χ2n) is 5.25. The third-order valence-corrected chi connectivity index (χ3v) is 3.62. The average Bonchev–Trinajstić information content (AvgIpc) is 2.87. The van der Waals surface area contributed by atoms with E-state index in [9.17, 15) is 9.90 Å². The zero-order valence-electron chi connectivity index (χ0n) is 12.0. The van der Waals surface area contributed by atoms with Crippen LogP contribution in [0.1, 0.15) is 57.7 Å². The number of nitrogens with zero attached hydrogens (tertiary/aromatic N) is 2. The van der Waals surface area contributed by atoms with Crippen LogP contribution >= 0.6 is 0 Å². The lowest BCUT2D eigenvalue weighted by Gasteiger charge is -2.18. The fourth-order valence-corrected chi connectivity index (χ4v) is 2.43. The van der Waals surface area contributed by atoms with Crippen molar-refractivity contribution in [3.05, 3.63) is 22.5 Å². The lowest BCUT2D eigenvalue weighted by molar-refractivity contribution is 0.152. The largest absolute Gasteiger partial charge is 0.393 e. The third-order valence-electron chi connectivity index (χ3n) is 3.62. The molecular weight excluding hydrogens is 256 g/mol. The highest BCUT2D eigenvalue weighted by atomic mass is 16.3. The summed E-state index contributed by atoms with van der Waals surface area (Å²) < 4.78 is 0. The van der Waals surface area contributed by atoms with E-state index in [4.69, 9.17) is 0 Å². The first-order chi connectivity index (χ1) is 9.63. The quantitative estimate of drug-likeness (QED) is 0.676. The molecular formula is C14H22N4O2. The Morgan fingerprint density at radius 2 is 2.15 bits per heavy atom. The van der Waals surface area contributed by atoms with Gasteiger partial charge in [0.1, 0.15) is 5.82 Å². The van der Waals surface area contributed by atoms with Crippen molar-refractivity contribution in [1.82, 2.24) is 19.9 Å². The second kappa shape index (κ2) is 6.65. The Bertz CT molecular complexity index is 602. The van der Waals surface area contributed by atoms with Gasteiger partial charge < -0.3 is 15.1 Å². The number of fused-ring (bicyclic) bond motifs is 1. The topological polar surface area (TPSA) is 94.7 Å². The van der Waals surface area contributed by atoms with Crippen LogP contribution < -0.4 is 5.56 Å². The van der Waals surface area contributed by atoms with Crippen molar-refractivity contribution in [3.63, 3.8) is 0 Å². The van der Waals surface area contributed by atoms with Crippen LogP contribution in [-0.2, 0) is 0 Å². The first-order valence-electron chi connectivity index (χ1n) is 7.24. The maximum atomic E-state index is 11.9. The highest BCUT2D eigenvalue weighted by molar-refractivity contribution is 5.68. The van der Waals surface area contributed by atoms with Gasteiger partial charge in [0.05, 0.1) is 12.4 Å². The average molecular weight is 278 g/mol. The summed E-state index contributed by atoms with van der Waals surface area (Å²) in [5, 5.41) is 9.95. The number of hydrogen-bond acceptors (Lipinski definition) is 4. The van der Waals surface area contributed by atoms with Crippen molar-refractivity contribution < 1.29 is 5.11 Å². The molecule has 0 amide bonds. The molecule has 0 aliphatic heterocycles. The number of H-pyrrole nitrogens is 2. The van der Waals surface area contributed by atoms with Crippen molar-refractivity contribution in [2.75, 3.05) is 0 Å². The van der Waals surface area contributed by atoms with Gasteiger partial charge in [-0.25, -0.2) is 9.97 Å². The molecule has 0 saturated heterocycles. The Balaban J connectivity index is 2.20. The van der Waals surface area contributed by atoms with Crippen LogP contribution in [0.3, 0.4) is 0 Å². The normalized spacial score (nSPS) is 14.6. The second-order valence-corrected chi connectivity index (χ2v) is 5.25. The molecule has 0 saturated carbocycles. The van der Waals surface area contributed by atoms with E-state index >= 15 is 0 Å². The van der Waals surface area contributed by atoms with Gasteiger partial charge in [0.2, 0.25) is 0 Å². The number of aliphatic hydroxyl groups is 1. The van der Waals surface area contributed by atoms with E-state index in [1.165, 1.54) is 19.2 Å². The lowest BCUT2D eigenvalue weighted by atomic mass is 9.95. The maximum absolute atomic E-state index is 11.9. The smallest absolute Gasteiger partial charge is 0.276 e. The van der Waals surface area contributed by atoms with Crippen LogP contribution in [-0.4, -0.2) is 31.1 Å². The van der Waals surface area contributed by atoms with Gasteiger partial charge in [-0.3, -0.25) is 4.79 Å². The first-order valence-corrected chi connectivity index (χ1v) is 7.24. The standard InChI is InChI=1S/C14H22N4O2/c1-3-4-5-6-7-10(9(2)19)12-17-13-11(14(20)18-12)15-8-16-13/h8-10,19H,3-7H2,1-2H3,(H2,15,16,17,18,20). The molecule has 20 heavy (non-hydrogen) atoms. The molecule has 2 atom stereocenters. The van der Waals surface area contributed by atoms with E-state index < -0.39 is 6.10 Å². The Hall–Kier alpha value is -1.69. The maximum Gasteiger partial charge on any atom is 0.276 e. The molecule has 2 aromatic rings. The number of nitrogens with one attached hydrogen (secondary N) is 2. The summed E-state index contributed by atoms with van der Waals surface area (Å²) in [6.07, 6.45) is 6.24. The molecule has 2 heterocycles. The van der Waals surface area contributed by atoms with E-state index in [1.54, 1.807) is 6.92 Å². The van der Waals surface area contributed by atoms with E-state index in [-0.39, 0.29) is 11.5 Å². The Morgan fingerprint density at radius 1 is 1.35 bits per heavy atom. The molecule has 0 aliphatic rings. The number of hydrogen-bond donors (Lipinski definition) is 3. The number of rotatable bonds is 7. The van der Waals surface area contributed by atoms with Crippen molar-refractivity contribution in [1.29, 1.82) is 0 Å². The minimum Gasteiger partial charge on any atom is -0.393 e. The van der Waals surface area contributed by atoms with Gasteiger partial charge in [-0.15, -0.1) is 0 Å². The summed E-state index contributed by atoms with van der Waals surface area (Å²) in [6, 6.07) is 0.